The van der Waals surface area contributed by atoms with E-state index in [9.17, 15) is 27.7 Å². The molecule has 8 nitrogen and oxygen atoms in total. The minimum Gasteiger partial charge on any atom is -0.305 e. The molecule has 2 rings (SSSR count). The van der Waals surface area contributed by atoms with Gasteiger partial charge in [0.25, 0.3) is 5.69 Å². The average molecular weight is 317 g/mol. The minimum atomic E-state index is -3.96. The van der Waals surface area contributed by atoms with E-state index in [0.29, 0.717) is 0 Å². The Labute approximate surface area is 119 Å². The van der Waals surface area contributed by atoms with Crippen LogP contribution in [0.1, 0.15) is 12.0 Å². The van der Waals surface area contributed by atoms with Crippen LogP contribution in [0, 0.1) is 22.9 Å². The predicted molar refractivity (Wildman–Crippen MR) is 71.7 cm³/mol. The number of hydrogen-bond acceptors (Lipinski definition) is 5. The zero-order valence-electron chi connectivity index (χ0n) is 10.9. The number of carbonyl (C=O) groups is 1. The molecule has 10 heteroatoms. The standard InChI is InChI=1S/C11H12FN3O5S/c1-6-8(12)2-3-9(15(17)18)11(6)14-5-7(4-10(14)16)21(13,19)20/h2-3,7H,4-5H2,1H3,(H2,13,19,20). The van der Waals surface area contributed by atoms with Crippen molar-refractivity contribution >= 4 is 27.3 Å². The second-order valence-electron chi connectivity index (χ2n) is 4.72. The summed E-state index contributed by atoms with van der Waals surface area (Å²) >= 11 is 0. The second kappa shape index (κ2) is 5.04. The molecule has 1 aromatic carbocycles. The number of nitrogens with zero attached hydrogens (tertiary/aromatic N) is 2. The van der Waals surface area contributed by atoms with Gasteiger partial charge in [-0.2, -0.15) is 0 Å². The second-order valence-corrected chi connectivity index (χ2v) is 6.56. The fourth-order valence-electron chi connectivity index (χ4n) is 2.26. The molecule has 0 aliphatic carbocycles. The molecule has 1 aliphatic heterocycles. The SMILES string of the molecule is Cc1c(F)ccc([N+](=O)[O-])c1N1CC(S(N)(=O)=O)CC1=O. The molecule has 21 heavy (non-hydrogen) atoms. The van der Waals surface area contributed by atoms with Gasteiger partial charge in [0.1, 0.15) is 16.8 Å². The molecule has 114 valence electrons. The van der Waals surface area contributed by atoms with Crippen molar-refractivity contribution in [2.75, 3.05) is 11.4 Å². The molecule has 0 saturated carbocycles. The Balaban J connectivity index is 2.55. The average Bonchev–Trinajstić information content (AvgIpc) is 2.74. The monoisotopic (exact) mass is 317 g/mol. The Morgan fingerprint density at radius 1 is 1.48 bits per heavy atom. The van der Waals surface area contributed by atoms with Gasteiger partial charge < -0.3 is 4.90 Å². The lowest BCUT2D eigenvalue weighted by Gasteiger charge is -2.19. The van der Waals surface area contributed by atoms with Crippen LogP contribution in [0.4, 0.5) is 15.8 Å². The highest BCUT2D eigenvalue weighted by molar-refractivity contribution is 7.89. The van der Waals surface area contributed by atoms with Gasteiger partial charge in [-0.15, -0.1) is 0 Å². The molecule has 0 radical (unpaired) electrons. The lowest BCUT2D eigenvalue weighted by molar-refractivity contribution is -0.384. The van der Waals surface area contributed by atoms with Crippen molar-refractivity contribution in [1.82, 2.24) is 0 Å². The van der Waals surface area contributed by atoms with E-state index in [2.05, 4.69) is 0 Å². The quantitative estimate of drug-likeness (QED) is 0.639. The number of halogens is 1. The van der Waals surface area contributed by atoms with E-state index in [0.717, 1.165) is 17.0 Å². The molecule has 0 spiro atoms. The van der Waals surface area contributed by atoms with Crippen molar-refractivity contribution in [1.29, 1.82) is 0 Å². The van der Waals surface area contributed by atoms with Crippen LogP contribution in [0.25, 0.3) is 0 Å². The van der Waals surface area contributed by atoms with E-state index < -0.39 is 37.6 Å². The van der Waals surface area contributed by atoms with Crippen molar-refractivity contribution in [3.8, 4) is 0 Å². The van der Waals surface area contributed by atoms with Crippen LogP contribution < -0.4 is 10.0 Å². The number of sulfonamides is 1. The molecule has 1 amide bonds. The minimum absolute atomic E-state index is 0.0902. The van der Waals surface area contributed by atoms with E-state index in [1.54, 1.807) is 0 Å². The van der Waals surface area contributed by atoms with Crippen LogP contribution in [-0.2, 0) is 14.8 Å². The van der Waals surface area contributed by atoms with Crippen LogP contribution in [0.5, 0.6) is 0 Å². The van der Waals surface area contributed by atoms with Crippen LogP contribution in [-0.4, -0.2) is 31.0 Å². The van der Waals surface area contributed by atoms with Gasteiger partial charge in [0, 0.05) is 24.6 Å². The Bertz CT molecular complexity index is 734. The first kappa shape index (κ1) is 15.3. The third-order valence-corrected chi connectivity index (χ3v) is 4.61. The fourth-order valence-corrected chi connectivity index (χ4v) is 2.99. The van der Waals surface area contributed by atoms with Crippen LogP contribution >= 0.6 is 0 Å². The van der Waals surface area contributed by atoms with E-state index in [-0.39, 0.29) is 24.2 Å². The smallest absolute Gasteiger partial charge is 0.293 e. The van der Waals surface area contributed by atoms with Crippen LogP contribution in [0.15, 0.2) is 12.1 Å². The maximum Gasteiger partial charge on any atom is 0.293 e. The number of nitro benzene ring substituents is 1. The van der Waals surface area contributed by atoms with Gasteiger partial charge in [-0.25, -0.2) is 17.9 Å². The van der Waals surface area contributed by atoms with Gasteiger partial charge in [0.2, 0.25) is 15.9 Å². The summed E-state index contributed by atoms with van der Waals surface area (Å²) in [5.41, 5.74) is -0.777. The summed E-state index contributed by atoms with van der Waals surface area (Å²) in [6.07, 6.45) is -0.383. The number of primary sulfonamides is 1. The predicted octanol–water partition coefficient (Wildman–Crippen LogP) is 0.436. The number of carbonyl (C=O) groups excluding carboxylic acids is 1. The summed E-state index contributed by atoms with van der Waals surface area (Å²) in [6.45, 7) is 0.956. The summed E-state index contributed by atoms with van der Waals surface area (Å²) in [4.78, 5) is 23.1. The summed E-state index contributed by atoms with van der Waals surface area (Å²) in [6, 6.07) is 1.86. The summed E-state index contributed by atoms with van der Waals surface area (Å²) < 4.78 is 36.3. The lowest BCUT2D eigenvalue weighted by Crippen LogP contribution is -2.32. The molecule has 1 aliphatic rings. The molecule has 1 unspecified atom stereocenters. The molecule has 0 bridgehead atoms. The highest BCUT2D eigenvalue weighted by atomic mass is 32.2. The van der Waals surface area contributed by atoms with Crippen molar-refractivity contribution in [2.45, 2.75) is 18.6 Å². The zero-order valence-corrected chi connectivity index (χ0v) is 11.8. The Morgan fingerprint density at radius 2 is 2.10 bits per heavy atom. The molecule has 1 aromatic rings. The number of nitrogens with two attached hydrogens (primary N) is 1. The topological polar surface area (TPSA) is 124 Å². The normalized spacial score (nSPS) is 19.1. The summed E-state index contributed by atoms with van der Waals surface area (Å²) in [5, 5.41) is 14.9. The largest absolute Gasteiger partial charge is 0.305 e. The van der Waals surface area contributed by atoms with E-state index in [4.69, 9.17) is 5.14 Å². The number of benzene rings is 1. The molecule has 1 fully saturated rings. The lowest BCUT2D eigenvalue weighted by atomic mass is 10.1. The van der Waals surface area contributed by atoms with Crippen LogP contribution in [0.3, 0.4) is 0 Å². The highest BCUT2D eigenvalue weighted by Crippen LogP contribution is 2.36. The fraction of sp³-hybridized carbons (Fsp3) is 0.364. The molecule has 1 saturated heterocycles. The Hall–Kier alpha value is -2.07. The van der Waals surface area contributed by atoms with Crippen LogP contribution in [0.2, 0.25) is 0 Å². The third kappa shape index (κ3) is 2.72. The number of rotatable bonds is 3. The first-order valence-electron chi connectivity index (χ1n) is 5.88. The maximum atomic E-state index is 13.6. The summed E-state index contributed by atoms with van der Waals surface area (Å²) in [7, 11) is -3.96. The number of amides is 1. The molecular formula is C11H12FN3O5S. The molecule has 1 heterocycles. The van der Waals surface area contributed by atoms with Crippen molar-refractivity contribution in [3.63, 3.8) is 0 Å². The Morgan fingerprint density at radius 3 is 2.57 bits per heavy atom. The maximum absolute atomic E-state index is 13.6. The van der Waals surface area contributed by atoms with Gasteiger partial charge >= 0.3 is 0 Å². The first-order chi connectivity index (χ1) is 9.62. The number of hydrogen-bond donors (Lipinski definition) is 1. The molecule has 1 atom stereocenters. The van der Waals surface area contributed by atoms with Gasteiger partial charge in [-0.05, 0) is 13.0 Å². The highest BCUT2D eigenvalue weighted by Gasteiger charge is 2.40. The van der Waals surface area contributed by atoms with E-state index in [1.165, 1.54) is 6.92 Å². The van der Waals surface area contributed by atoms with Gasteiger partial charge in [0.05, 0.1) is 4.92 Å². The van der Waals surface area contributed by atoms with Gasteiger partial charge in [0.15, 0.2) is 0 Å². The van der Waals surface area contributed by atoms with E-state index >= 15 is 0 Å². The van der Waals surface area contributed by atoms with Gasteiger partial charge in [-0.1, -0.05) is 0 Å². The van der Waals surface area contributed by atoms with Crippen molar-refractivity contribution < 1.29 is 22.5 Å². The first-order valence-corrected chi connectivity index (χ1v) is 7.49. The van der Waals surface area contributed by atoms with Gasteiger partial charge in [-0.3, -0.25) is 14.9 Å². The Kier molecular flexibility index (Phi) is 3.68. The van der Waals surface area contributed by atoms with Crippen molar-refractivity contribution in [2.24, 2.45) is 5.14 Å². The van der Waals surface area contributed by atoms with Crippen molar-refractivity contribution in [3.05, 3.63) is 33.6 Å². The number of nitro groups is 1. The zero-order chi connectivity index (χ0) is 15.9. The number of anilines is 1. The molecule has 2 N–H and O–H groups in total. The van der Waals surface area contributed by atoms with E-state index in [1.807, 2.05) is 0 Å². The molecular weight excluding hydrogens is 305 g/mol. The molecule has 0 aromatic heterocycles. The third-order valence-electron chi connectivity index (χ3n) is 3.36. The summed E-state index contributed by atoms with van der Waals surface area (Å²) in [5.74, 6) is -1.37.